The van der Waals surface area contributed by atoms with Gasteiger partial charge in [-0.3, -0.25) is 52.6 Å². The summed E-state index contributed by atoms with van der Waals surface area (Å²) in [5.41, 5.74) is 19.2. The molecule has 0 bridgehead atoms. The molecule has 5 aliphatic carbocycles. The summed E-state index contributed by atoms with van der Waals surface area (Å²) in [5, 5.41) is 16.6. The molecule has 4 fully saturated rings. The number of piperidine rings is 1. The molecule has 2 aliphatic heterocycles. The smallest absolute Gasteiger partial charge is 0.379 e. The molecule has 602 valence electrons. The summed E-state index contributed by atoms with van der Waals surface area (Å²) in [6.45, 7) is 19.7. The van der Waals surface area contributed by atoms with E-state index in [1.807, 2.05) is 124 Å². The number of fused-ring (bicyclic) bond motifs is 3. The molecule has 3 aromatic heterocycles. The highest BCUT2D eigenvalue weighted by atomic mass is 19.4. The highest BCUT2D eigenvalue weighted by Crippen LogP contribution is 2.42. The van der Waals surface area contributed by atoms with Crippen molar-refractivity contribution >= 4 is 84.5 Å². The van der Waals surface area contributed by atoms with Crippen molar-refractivity contribution in [3.8, 4) is 0 Å². The third kappa shape index (κ3) is 18.2. The molecule has 2 saturated heterocycles. The summed E-state index contributed by atoms with van der Waals surface area (Å²) in [7, 11) is 18.1. The van der Waals surface area contributed by atoms with Crippen LogP contribution in [0.2, 0.25) is 0 Å². The predicted octanol–water partition coefficient (Wildman–Crippen LogP) is 17.3. The van der Waals surface area contributed by atoms with Gasteiger partial charge in [0.2, 0.25) is 0 Å². The quantitative estimate of drug-likeness (QED) is 0.0584. The van der Waals surface area contributed by atoms with E-state index in [4.69, 9.17) is 16.6 Å². The fraction of sp³-hybridized carbons (Fsp3) is 0.557. The highest BCUT2D eigenvalue weighted by molar-refractivity contribution is 6.10. The van der Waals surface area contributed by atoms with Gasteiger partial charge in [-0.2, -0.15) is 28.5 Å². The number of Topliss-reactive ketones (excluding diaryl/α,β-unsaturated/α-hetero) is 6. The molecule has 13 rings (SSSR count). The molecule has 6 aromatic rings. The van der Waals surface area contributed by atoms with Gasteiger partial charge in [0.05, 0.1) is 47.8 Å². The number of ketones is 6. The minimum absolute atomic E-state index is 0. The summed E-state index contributed by atoms with van der Waals surface area (Å²) >= 11 is 0. The van der Waals surface area contributed by atoms with E-state index in [1.165, 1.54) is 30.6 Å². The number of nitrogens with zero attached hydrogens (tertiary/aromatic N) is 12. The van der Waals surface area contributed by atoms with Crippen molar-refractivity contribution in [2.24, 2.45) is 21.1 Å². The van der Waals surface area contributed by atoms with Crippen molar-refractivity contribution in [1.82, 2.24) is 44.0 Å². The molecular formula is C88H127F3N12O7. The number of carbonyl (C=O) groups is 6. The van der Waals surface area contributed by atoms with Crippen LogP contribution in [0.3, 0.4) is 0 Å². The fourth-order valence-electron chi connectivity index (χ4n) is 18.7. The molecular weight excluding hydrogens is 1390 g/mol. The number of rotatable bonds is 22. The third-order valence-electron chi connectivity index (χ3n) is 25.1. The van der Waals surface area contributed by atoms with E-state index < -0.39 is 12.7 Å². The van der Waals surface area contributed by atoms with E-state index in [2.05, 4.69) is 92.3 Å². The van der Waals surface area contributed by atoms with Crippen LogP contribution in [-0.4, -0.2) is 196 Å². The maximum atomic E-state index is 13.6. The number of aryl methyl sites for hydroxylation is 6. The van der Waals surface area contributed by atoms with Crippen LogP contribution < -0.4 is 14.7 Å². The first-order valence-electron chi connectivity index (χ1n) is 43.7. The summed E-state index contributed by atoms with van der Waals surface area (Å²) < 4.78 is 89.5. The van der Waals surface area contributed by atoms with Crippen molar-refractivity contribution in [3.63, 3.8) is 0 Å². The zero-order valence-corrected chi connectivity index (χ0v) is 68.5. The van der Waals surface area contributed by atoms with Crippen LogP contribution in [0, 0.1) is 20.8 Å². The molecule has 0 unspecified atom stereocenters. The Hall–Kier alpha value is -8.44. The van der Waals surface area contributed by atoms with Crippen molar-refractivity contribution in [2.45, 2.75) is 227 Å². The van der Waals surface area contributed by atoms with Gasteiger partial charge in [0.1, 0.15) is 0 Å². The molecule has 0 spiro atoms. The van der Waals surface area contributed by atoms with Crippen LogP contribution in [0.15, 0.2) is 105 Å². The standard InChI is InChI=1S/C31H42N4O3.C29H40N4O2.C28H35F3N4O2.5H2/c1-19-13-20(2)25(30(37)14-19)11-12-29(36)26-15-28(27-16-32-34(5)31(27)21(26)3)33(4)22-7-9-23(10-8-22)35-17-24(18-35)38-6;1-18-14-19(2)23(28(35)15-18)12-13-27(34)24-16-26(25-17-30-33(7)29(25)20(24)3)32(6)22-10-8-21(9-11-22)31(4)5;1-17-12-18(2)21(26(37)13-17)6-7-25(36)22-14-24(23-15-32-34(5)27(23)19(22)3)33(4)20-8-10-35(11-9-20)16-28(29,30)31;;;;;/h13,15-16,22-24H,7-12,14,17-18H2,1-6H3;14,16-17,21-22H,8-13,15H2,1-7H3;12,14-15,20H,6-11,13,16H2,1-5H3;5*1H/i;;;4*1+1D;1+1. The van der Waals surface area contributed by atoms with Crippen LogP contribution in [0.5, 0.6) is 0 Å². The van der Waals surface area contributed by atoms with Crippen LogP contribution >= 0.6 is 0 Å². The van der Waals surface area contributed by atoms with Crippen LogP contribution in [-0.2, 0) is 40.3 Å². The molecule has 110 heavy (non-hydrogen) atoms. The Morgan fingerprint density at radius 1 is 0.491 bits per heavy atom. The average Bonchev–Trinajstić information content (AvgIpc) is 1.67. The van der Waals surface area contributed by atoms with Crippen molar-refractivity contribution in [3.05, 3.63) is 139 Å². The van der Waals surface area contributed by atoms with Gasteiger partial charge in [0.25, 0.3) is 0 Å². The Morgan fingerprint density at radius 3 is 1.10 bits per heavy atom. The molecule has 0 N–H and O–H groups in total. The number of methoxy groups -OCH3 is 1. The summed E-state index contributed by atoms with van der Waals surface area (Å²) in [4.78, 5) is 91.5. The second-order valence-electron chi connectivity index (χ2n) is 33.0. The first kappa shape index (κ1) is 76.9. The molecule has 19 nitrogen and oxygen atoms in total. The molecule has 5 heterocycles. The largest absolute Gasteiger partial charge is 0.401 e. The number of likely N-dealkylation sites (tertiary alicyclic amines) is 2. The van der Waals surface area contributed by atoms with Gasteiger partial charge in [-0.05, 0) is 228 Å². The van der Waals surface area contributed by atoms with E-state index >= 15 is 0 Å². The Kier molecular flexibility index (Phi) is 24.2. The minimum atomic E-state index is -4.20. The molecule has 7 aliphatic rings. The summed E-state index contributed by atoms with van der Waals surface area (Å²) in [6.07, 6.45) is 22.1. The average molecular weight is 1530 g/mol. The summed E-state index contributed by atoms with van der Waals surface area (Å²) in [5.74, 6) is 0.546. The van der Waals surface area contributed by atoms with Crippen molar-refractivity contribution in [2.75, 3.05) is 89.8 Å². The Labute approximate surface area is 662 Å². The number of alkyl halides is 3. The van der Waals surface area contributed by atoms with Crippen molar-refractivity contribution in [1.29, 1.82) is 0 Å². The number of hydrogen-bond donors (Lipinski definition) is 0. The number of ether oxygens (including phenoxy) is 1. The number of halogens is 3. The molecule has 3 aromatic carbocycles. The maximum Gasteiger partial charge on any atom is 0.401 e. The van der Waals surface area contributed by atoms with Gasteiger partial charge in [-0.1, -0.05) is 34.9 Å². The normalized spacial score (nSPS) is 21.1. The number of hydrogen-bond acceptors (Lipinski definition) is 16. The number of benzene rings is 3. The van der Waals surface area contributed by atoms with Crippen LogP contribution in [0.4, 0.5) is 30.2 Å². The van der Waals surface area contributed by atoms with Crippen LogP contribution in [0.1, 0.15) is 225 Å². The monoisotopic (exact) mass is 1530 g/mol. The number of aromatic nitrogens is 6. The van der Waals surface area contributed by atoms with Gasteiger partial charge < -0.3 is 24.3 Å². The number of anilines is 3. The number of allylic oxidation sites excluding steroid dienone is 12. The molecule has 2 saturated carbocycles. The first-order valence-corrected chi connectivity index (χ1v) is 39.7. The summed E-state index contributed by atoms with van der Waals surface area (Å²) in [6, 6.07) is 8.29. The van der Waals surface area contributed by atoms with E-state index in [1.54, 1.807) is 18.0 Å². The van der Waals surface area contributed by atoms with Crippen LogP contribution in [0.25, 0.3) is 32.7 Å². The highest BCUT2D eigenvalue weighted by Gasteiger charge is 2.38. The fourth-order valence-corrected chi connectivity index (χ4v) is 18.7. The van der Waals surface area contributed by atoms with E-state index in [-0.39, 0.29) is 48.6 Å². The third-order valence-corrected chi connectivity index (χ3v) is 25.1. The lowest BCUT2D eigenvalue weighted by atomic mass is 9.86. The maximum absolute atomic E-state index is 13.6. The lowest BCUT2D eigenvalue weighted by Gasteiger charge is -2.47. The van der Waals surface area contributed by atoms with Gasteiger partial charge in [0.15, 0.2) is 34.7 Å². The lowest BCUT2D eigenvalue weighted by molar-refractivity contribution is -0.147. The topological polar surface area (TPSA) is 185 Å². The second-order valence-corrected chi connectivity index (χ2v) is 33.0. The first-order chi connectivity index (χ1) is 56.1. The minimum Gasteiger partial charge on any atom is -0.379 e. The van der Waals surface area contributed by atoms with Gasteiger partial charge in [-0.25, -0.2) is 0 Å². The second kappa shape index (κ2) is 34.7. The molecule has 0 atom stereocenters. The predicted molar refractivity (Wildman–Crippen MR) is 445 cm³/mol. The van der Waals surface area contributed by atoms with Crippen molar-refractivity contribution < 1.29 is 60.0 Å². The van der Waals surface area contributed by atoms with E-state index in [0.717, 1.165) is 167 Å². The Balaban J connectivity index is 0.000000264. The number of carbonyl (C=O) groups excluding carboxylic acids is 6. The Morgan fingerprint density at radius 2 is 0.800 bits per heavy atom. The van der Waals surface area contributed by atoms with Gasteiger partial charge in [0, 0.05) is 208 Å². The zero-order chi connectivity index (χ0) is 87.6. The Bertz CT molecular complexity index is 4780. The van der Waals surface area contributed by atoms with Gasteiger partial charge in [-0.15, -0.1) is 0 Å². The van der Waals surface area contributed by atoms with E-state index in [0.29, 0.717) is 113 Å². The zero-order valence-electron chi connectivity index (χ0n) is 76.5. The molecule has 0 radical (unpaired) electrons. The molecule has 22 heteroatoms. The lowest BCUT2D eigenvalue weighted by Crippen LogP contribution is -2.57. The molecule has 0 amide bonds. The van der Waals surface area contributed by atoms with E-state index in [9.17, 15) is 41.9 Å². The van der Waals surface area contributed by atoms with Gasteiger partial charge >= 0.3 is 6.18 Å². The SMILES string of the molecule is CC1=CC(C)=C(CCC(=O)c2cc(N(C)C3CCC(N(C)C)CC3)c3cnn(C)c3c2C)C(=O)C1.CC1=CC(C)=C(CCC(=O)c2cc(N(C)C3CCN(CC(F)(F)F)CC3)c3cnn(C)c3c2C)C(=O)C1.COC1CN(C2CCC(N(C)c3cc(C(=O)CCC4=C(C)C=C(C)CC4=O)c(C)c4c3cnn4C)CC2)C1.[2HH].[2H][2H].[2H][2H].[2H][2H].[2H][2H].